The molecule has 144 valence electrons. The van der Waals surface area contributed by atoms with E-state index < -0.39 is 35.1 Å². The quantitative estimate of drug-likeness (QED) is 0.469. The van der Waals surface area contributed by atoms with Crippen molar-refractivity contribution in [2.75, 3.05) is 12.4 Å². The molecule has 0 fully saturated rings. The predicted octanol–water partition coefficient (Wildman–Crippen LogP) is 2.22. The molecule has 0 saturated heterocycles. The molecule has 2 aromatic rings. The molecule has 1 aromatic heterocycles. The highest BCUT2D eigenvalue weighted by Gasteiger charge is 2.68. The van der Waals surface area contributed by atoms with Gasteiger partial charge in [0.2, 0.25) is 0 Å². The van der Waals surface area contributed by atoms with Gasteiger partial charge in [-0.2, -0.15) is 13.2 Å². The number of amides is 1. The first-order valence-corrected chi connectivity index (χ1v) is 7.60. The van der Waals surface area contributed by atoms with Crippen LogP contribution in [0.15, 0.2) is 42.6 Å². The standard InChI is InChI=1S/C17H15F4N3O3/c1-10-6-5-9-22-13(10)23-16(15(26)27-2,17(19,20)21)24-14(25)11-7-3-4-8-12(11)18/h3-9H,1-2H3,(H,22,23)(H,24,25)/p+1/t16-/m0/s1. The van der Waals surface area contributed by atoms with Crippen LogP contribution < -0.4 is 15.6 Å². The third-order valence-corrected chi connectivity index (χ3v) is 3.71. The fourth-order valence-corrected chi connectivity index (χ4v) is 2.27. The Bertz CT molecular complexity index is 857. The second kappa shape index (κ2) is 7.60. The predicted molar refractivity (Wildman–Crippen MR) is 86.0 cm³/mol. The van der Waals surface area contributed by atoms with Crippen LogP contribution >= 0.6 is 0 Å². The SMILES string of the molecule is COC(=O)[C@@](NC(=O)c1ccccc1F)(Nc1[nH+]cccc1C)C(F)(F)F. The van der Waals surface area contributed by atoms with Gasteiger partial charge in [0.25, 0.3) is 11.7 Å². The van der Waals surface area contributed by atoms with Crippen LogP contribution in [0.1, 0.15) is 15.9 Å². The van der Waals surface area contributed by atoms with E-state index in [9.17, 15) is 27.2 Å². The van der Waals surface area contributed by atoms with Gasteiger partial charge in [-0.15, -0.1) is 0 Å². The summed E-state index contributed by atoms with van der Waals surface area (Å²) < 4.78 is 59.8. The lowest BCUT2D eigenvalue weighted by molar-refractivity contribution is -0.363. The van der Waals surface area contributed by atoms with Crippen molar-refractivity contribution in [3.8, 4) is 0 Å². The number of hydrogen-bond donors (Lipinski definition) is 2. The van der Waals surface area contributed by atoms with Crippen molar-refractivity contribution >= 4 is 17.7 Å². The normalized spacial score (nSPS) is 13.4. The lowest BCUT2D eigenvalue weighted by atomic mass is 10.1. The zero-order valence-corrected chi connectivity index (χ0v) is 14.3. The Kier molecular flexibility index (Phi) is 5.67. The highest BCUT2D eigenvalue weighted by atomic mass is 19.4. The van der Waals surface area contributed by atoms with E-state index in [-0.39, 0.29) is 5.82 Å². The summed E-state index contributed by atoms with van der Waals surface area (Å²) in [6.07, 6.45) is -4.00. The number of nitrogens with one attached hydrogen (secondary N) is 3. The Morgan fingerprint density at radius 1 is 1.11 bits per heavy atom. The van der Waals surface area contributed by atoms with Crippen LogP contribution in [0.4, 0.5) is 23.4 Å². The van der Waals surface area contributed by atoms with Gasteiger partial charge in [0, 0.05) is 5.56 Å². The van der Waals surface area contributed by atoms with E-state index in [0.29, 0.717) is 5.56 Å². The number of pyridine rings is 1. The molecule has 1 amide bonds. The van der Waals surface area contributed by atoms with Gasteiger partial charge in [0.1, 0.15) is 5.82 Å². The highest BCUT2D eigenvalue weighted by molar-refractivity contribution is 5.99. The number of aromatic amines is 1. The summed E-state index contributed by atoms with van der Waals surface area (Å²) in [5.74, 6) is -4.50. The number of benzene rings is 1. The van der Waals surface area contributed by atoms with Crippen LogP contribution in [-0.2, 0) is 9.53 Å². The van der Waals surface area contributed by atoms with Crippen LogP contribution in [0.2, 0.25) is 0 Å². The molecule has 2 rings (SSSR count). The average molecular weight is 386 g/mol. The lowest BCUT2D eigenvalue weighted by Crippen LogP contribution is -2.69. The zero-order valence-electron chi connectivity index (χ0n) is 14.3. The van der Waals surface area contributed by atoms with Gasteiger partial charge in [0.15, 0.2) is 0 Å². The van der Waals surface area contributed by atoms with E-state index in [0.717, 1.165) is 19.2 Å². The van der Waals surface area contributed by atoms with Crippen molar-refractivity contribution in [2.45, 2.75) is 18.8 Å². The minimum absolute atomic E-state index is 0.186. The van der Waals surface area contributed by atoms with Gasteiger partial charge in [-0.25, -0.2) is 19.5 Å². The van der Waals surface area contributed by atoms with Crippen molar-refractivity contribution in [2.24, 2.45) is 0 Å². The van der Waals surface area contributed by atoms with E-state index in [1.165, 1.54) is 37.4 Å². The highest BCUT2D eigenvalue weighted by Crippen LogP contribution is 2.33. The molecule has 1 atom stereocenters. The fourth-order valence-electron chi connectivity index (χ4n) is 2.27. The molecule has 10 heteroatoms. The molecule has 0 radical (unpaired) electrons. The molecule has 1 heterocycles. The molecular formula is C17H16F4N3O3+. The van der Waals surface area contributed by atoms with Crippen molar-refractivity contribution in [1.82, 2.24) is 5.32 Å². The number of ether oxygens (including phenoxy) is 1. The van der Waals surface area contributed by atoms with Crippen LogP contribution in [0, 0.1) is 12.7 Å². The molecule has 0 spiro atoms. The number of alkyl halides is 3. The number of aryl methyl sites for hydroxylation is 1. The van der Waals surface area contributed by atoms with Crippen molar-refractivity contribution < 1.29 is 36.9 Å². The molecule has 0 aliphatic heterocycles. The van der Waals surface area contributed by atoms with Gasteiger partial charge in [0.05, 0.1) is 18.9 Å². The summed E-state index contributed by atoms with van der Waals surface area (Å²) in [4.78, 5) is 27.0. The Labute approximate surface area is 151 Å². The minimum Gasteiger partial charge on any atom is -0.464 e. The first-order chi connectivity index (χ1) is 12.6. The topological polar surface area (TPSA) is 81.6 Å². The first-order valence-electron chi connectivity index (χ1n) is 7.60. The second-order valence-corrected chi connectivity index (χ2v) is 5.53. The van der Waals surface area contributed by atoms with Gasteiger partial charge >= 0.3 is 17.8 Å². The third-order valence-electron chi connectivity index (χ3n) is 3.71. The van der Waals surface area contributed by atoms with Crippen molar-refractivity contribution in [3.63, 3.8) is 0 Å². The number of hydrogen-bond acceptors (Lipinski definition) is 4. The number of aromatic nitrogens is 1. The van der Waals surface area contributed by atoms with E-state index >= 15 is 0 Å². The summed E-state index contributed by atoms with van der Waals surface area (Å²) in [7, 11) is 0.737. The van der Waals surface area contributed by atoms with Crippen LogP contribution in [0.5, 0.6) is 0 Å². The van der Waals surface area contributed by atoms with E-state index in [1.54, 1.807) is 5.32 Å². The Hall–Kier alpha value is -3.17. The summed E-state index contributed by atoms with van der Waals surface area (Å²) in [5.41, 5.74) is -3.98. The summed E-state index contributed by atoms with van der Waals surface area (Å²) >= 11 is 0. The molecular weight excluding hydrogens is 370 g/mol. The van der Waals surface area contributed by atoms with Gasteiger partial charge in [-0.1, -0.05) is 12.1 Å². The number of rotatable bonds is 5. The summed E-state index contributed by atoms with van der Waals surface area (Å²) in [5, 5.41) is 3.51. The molecule has 0 bridgehead atoms. The smallest absolute Gasteiger partial charge is 0.464 e. The van der Waals surface area contributed by atoms with E-state index in [2.05, 4.69) is 9.72 Å². The lowest BCUT2D eigenvalue weighted by Gasteiger charge is -2.30. The van der Waals surface area contributed by atoms with Crippen molar-refractivity contribution in [3.05, 3.63) is 59.5 Å². The minimum atomic E-state index is -5.32. The Morgan fingerprint density at radius 2 is 1.78 bits per heavy atom. The number of methoxy groups -OCH3 is 1. The second-order valence-electron chi connectivity index (χ2n) is 5.53. The zero-order chi connectivity index (χ0) is 20.2. The number of carbonyl (C=O) groups is 2. The Morgan fingerprint density at radius 3 is 2.33 bits per heavy atom. The van der Waals surface area contributed by atoms with Gasteiger partial charge in [-0.05, 0) is 31.2 Å². The fraction of sp³-hybridized carbons (Fsp3) is 0.235. The molecule has 3 N–H and O–H groups in total. The maximum absolute atomic E-state index is 13.9. The van der Waals surface area contributed by atoms with Crippen molar-refractivity contribution in [1.29, 1.82) is 0 Å². The van der Waals surface area contributed by atoms with E-state index in [1.807, 2.05) is 5.32 Å². The van der Waals surface area contributed by atoms with Crippen LogP contribution in [-0.4, -0.2) is 30.8 Å². The molecule has 6 nitrogen and oxygen atoms in total. The third kappa shape index (κ3) is 3.99. The summed E-state index contributed by atoms with van der Waals surface area (Å²) in [6, 6.07) is 7.45. The monoisotopic (exact) mass is 386 g/mol. The summed E-state index contributed by atoms with van der Waals surface area (Å²) in [6.45, 7) is 1.48. The molecule has 0 aliphatic carbocycles. The molecule has 0 saturated carbocycles. The van der Waals surface area contributed by atoms with Gasteiger partial charge in [-0.3, -0.25) is 10.1 Å². The molecule has 1 aromatic carbocycles. The van der Waals surface area contributed by atoms with Gasteiger partial charge < -0.3 is 4.74 Å². The van der Waals surface area contributed by atoms with Crippen LogP contribution in [0.3, 0.4) is 0 Å². The Balaban J connectivity index is 2.55. The number of esters is 1. The molecule has 0 unspecified atom stereocenters. The molecule has 0 aliphatic rings. The van der Waals surface area contributed by atoms with Crippen LogP contribution in [0.25, 0.3) is 0 Å². The maximum atomic E-state index is 13.9. The largest absolute Gasteiger partial charge is 0.464 e. The number of anilines is 1. The first kappa shape index (κ1) is 20.1. The average Bonchev–Trinajstić information content (AvgIpc) is 2.61. The number of carbonyl (C=O) groups excluding carboxylic acids is 2. The maximum Gasteiger partial charge on any atom is 0.464 e. The number of H-pyrrole nitrogens is 1. The van der Waals surface area contributed by atoms with E-state index in [4.69, 9.17) is 0 Å². The number of halogens is 4. The molecule has 27 heavy (non-hydrogen) atoms.